The smallest absolute Gasteiger partial charge is 0.415 e. The molecule has 0 aliphatic carbocycles. The fourth-order valence-electron chi connectivity index (χ4n) is 4.11. The number of carbonyl (C=O) groups is 2. The lowest BCUT2D eigenvalue weighted by molar-refractivity contribution is -0.136. The van der Waals surface area contributed by atoms with E-state index in [1.807, 2.05) is 30.3 Å². The number of hydrogen-bond acceptors (Lipinski definition) is 5. The highest BCUT2D eigenvalue weighted by Crippen LogP contribution is 2.22. The molecule has 1 amide bonds. The van der Waals surface area contributed by atoms with Crippen LogP contribution in [0.4, 0.5) is 4.79 Å². The van der Waals surface area contributed by atoms with Crippen LogP contribution in [0, 0.1) is 12.8 Å². The van der Waals surface area contributed by atoms with Gasteiger partial charge in [0, 0.05) is 31.4 Å². The molecule has 1 aliphatic rings. The number of hydrogen-bond donors (Lipinski definition) is 1. The highest BCUT2D eigenvalue weighted by molar-refractivity contribution is 5.71. The van der Waals surface area contributed by atoms with Crippen LogP contribution in [0.1, 0.15) is 35.2 Å². The lowest BCUT2D eigenvalue weighted by atomic mass is 9.98. The second-order valence-electron chi connectivity index (χ2n) is 8.91. The second kappa shape index (κ2) is 11.5. The quantitative estimate of drug-likeness (QED) is 0.500. The Balaban J connectivity index is 1.20. The Hall–Kier alpha value is -3.87. The molecule has 4 rings (SSSR count). The summed E-state index contributed by atoms with van der Waals surface area (Å²) in [5.74, 6) is 0.764. The Labute approximate surface area is 205 Å². The van der Waals surface area contributed by atoms with Crippen molar-refractivity contribution in [3.8, 4) is 11.5 Å². The first-order chi connectivity index (χ1) is 17.0. The Morgan fingerprint density at radius 3 is 2.29 bits per heavy atom. The van der Waals surface area contributed by atoms with Gasteiger partial charge in [0.25, 0.3) is 0 Å². The lowest BCUT2D eigenvalue weighted by Gasteiger charge is -2.31. The molecular weight excluding hydrogens is 444 g/mol. The van der Waals surface area contributed by atoms with E-state index >= 15 is 0 Å². The monoisotopic (exact) mass is 474 g/mol. The third-order valence-electron chi connectivity index (χ3n) is 6.26. The molecule has 182 valence electrons. The molecule has 1 saturated heterocycles. The van der Waals surface area contributed by atoms with Gasteiger partial charge in [0.2, 0.25) is 0 Å². The second-order valence-corrected chi connectivity index (χ2v) is 8.91. The van der Waals surface area contributed by atoms with Crippen molar-refractivity contribution in [2.75, 3.05) is 19.7 Å². The van der Waals surface area contributed by atoms with Crippen molar-refractivity contribution in [1.82, 2.24) is 9.88 Å². The van der Waals surface area contributed by atoms with Gasteiger partial charge in [-0.25, -0.2) is 4.79 Å². The fourth-order valence-corrected chi connectivity index (χ4v) is 4.11. The van der Waals surface area contributed by atoms with Gasteiger partial charge in [-0.3, -0.25) is 9.78 Å². The molecule has 35 heavy (non-hydrogen) atoms. The average molecular weight is 475 g/mol. The van der Waals surface area contributed by atoms with Gasteiger partial charge in [0.05, 0.1) is 13.0 Å². The molecule has 1 fully saturated rings. The maximum absolute atomic E-state index is 12.6. The maximum atomic E-state index is 12.6. The summed E-state index contributed by atoms with van der Waals surface area (Å²) in [7, 11) is 0. The number of benzene rings is 2. The highest BCUT2D eigenvalue weighted by atomic mass is 16.6. The summed E-state index contributed by atoms with van der Waals surface area (Å²) in [6.45, 7) is 3.87. The van der Waals surface area contributed by atoms with Crippen LogP contribution in [0.25, 0.3) is 0 Å². The van der Waals surface area contributed by atoms with E-state index in [9.17, 15) is 9.59 Å². The van der Waals surface area contributed by atoms with Gasteiger partial charge < -0.3 is 19.5 Å². The van der Waals surface area contributed by atoms with Crippen LogP contribution in [0.3, 0.4) is 0 Å². The molecule has 1 N–H and O–H groups in total. The van der Waals surface area contributed by atoms with Gasteiger partial charge in [-0.2, -0.15) is 0 Å². The molecule has 7 nitrogen and oxygen atoms in total. The summed E-state index contributed by atoms with van der Waals surface area (Å²) in [5, 5.41) is 8.85. The van der Waals surface area contributed by atoms with E-state index in [0.29, 0.717) is 31.4 Å². The Morgan fingerprint density at radius 2 is 1.63 bits per heavy atom. The summed E-state index contributed by atoms with van der Waals surface area (Å²) in [6, 6.07) is 18.7. The number of piperidine rings is 1. The fraction of sp³-hybridized carbons (Fsp3) is 0.321. The van der Waals surface area contributed by atoms with Gasteiger partial charge in [0.15, 0.2) is 0 Å². The van der Waals surface area contributed by atoms with Gasteiger partial charge >= 0.3 is 12.1 Å². The third-order valence-corrected chi connectivity index (χ3v) is 6.26. The molecule has 3 aromatic rings. The number of nitrogens with zero attached hydrogens (tertiary/aromatic N) is 2. The molecule has 7 heteroatoms. The zero-order chi connectivity index (χ0) is 24.6. The van der Waals surface area contributed by atoms with E-state index in [1.54, 1.807) is 35.4 Å². The van der Waals surface area contributed by atoms with Crippen LogP contribution in [0.15, 0.2) is 66.9 Å². The predicted octanol–water partition coefficient (Wildman–Crippen LogP) is 4.90. The van der Waals surface area contributed by atoms with Crippen molar-refractivity contribution >= 4 is 12.1 Å². The predicted molar refractivity (Wildman–Crippen MR) is 132 cm³/mol. The van der Waals surface area contributed by atoms with E-state index in [0.717, 1.165) is 47.4 Å². The molecule has 0 bridgehead atoms. The number of amides is 1. The molecule has 0 unspecified atom stereocenters. The normalized spacial score (nSPS) is 13.9. The summed E-state index contributed by atoms with van der Waals surface area (Å²) in [5.41, 5.74) is 4.06. The van der Waals surface area contributed by atoms with E-state index in [2.05, 4.69) is 18.0 Å². The number of carboxylic acid groups (broad SMARTS) is 1. The minimum Gasteiger partial charge on any atom is -0.493 e. The van der Waals surface area contributed by atoms with E-state index < -0.39 is 5.97 Å². The molecule has 2 heterocycles. The molecular formula is C28H30N2O5. The third kappa shape index (κ3) is 7.06. The topological polar surface area (TPSA) is 89.0 Å². The number of carboxylic acids is 1. The number of aromatic nitrogens is 1. The van der Waals surface area contributed by atoms with E-state index in [-0.39, 0.29) is 12.5 Å². The molecule has 0 spiro atoms. The van der Waals surface area contributed by atoms with Gasteiger partial charge in [-0.15, -0.1) is 0 Å². The standard InChI is InChI=1S/C28H30N2O5/c1-20-3-2-14-29-26(20)17-21-6-10-25(11-7-21)35-28(33)30-15-12-23(13-16-30)19-34-24-8-4-22(5-9-24)18-27(31)32/h2-11,14,23H,12-13,15-19H2,1H3,(H,31,32). The molecule has 1 aromatic heterocycles. The lowest BCUT2D eigenvalue weighted by Crippen LogP contribution is -2.41. The molecule has 2 aromatic carbocycles. The van der Waals surface area contributed by atoms with Crippen molar-refractivity contribution in [2.24, 2.45) is 5.92 Å². The molecule has 1 aliphatic heterocycles. The van der Waals surface area contributed by atoms with Crippen LogP contribution in [-0.2, 0) is 17.6 Å². The SMILES string of the molecule is Cc1cccnc1Cc1ccc(OC(=O)N2CCC(COc3ccc(CC(=O)O)cc3)CC2)cc1. The molecule has 0 saturated carbocycles. The summed E-state index contributed by atoms with van der Waals surface area (Å²) in [4.78, 5) is 29.6. The number of carbonyl (C=O) groups excluding carboxylic acids is 1. The summed E-state index contributed by atoms with van der Waals surface area (Å²) in [6.07, 6.45) is 3.90. The number of ether oxygens (including phenoxy) is 2. The number of pyridine rings is 1. The molecule has 0 atom stereocenters. The number of aryl methyl sites for hydroxylation is 1. The van der Waals surface area contributed by atoms with Crippen LogP contribution in [0.5, 0.6) is 11.5 Å². The zero-order valence-corrected chi connectivity index (χ0v) is 19.9. The minimum absolute atomic E-state index is 0.00382. The minimum atomic E-state index is -0.850. The Morgan fingerprint density at radius 1 is 0.971 bits per heavy atom. The van der Waals surface area contributed by atoms with E-state index in [4.69, 9.17) is 14.6 Å². The van der Waals surface area contributed by atoms with E-state index in [1.165, 1.54) is 0 Å². The van der Waals surface area contributed by atoms with Crippen LogP contribution < -0.4 is 9.47 Å². The first-order valence-electron chi connectivity index (χ1n) is 11.9. The number of aliphatic carboxylic acids is 1. The van der Waals surface area contributed by atoms with Gasteiger partial charge in [-0.1, -0.05) is 30.3 Å². The first-order valence-corrected chi connectivity index (χ1v) is 11.9. The average Bonchev–Trinajstić information content (AvgIpc) is 2.86. The van der Waals surface area contributed by atoms with Crippen LogP contribution >= 0.6 is 0 Å². The van der Waals surface area contributed by atoms with Crippen LogP contribution in [0.2, 0.25) is 0 Å². The number of likely N-dealkylation sites (tertiary alicyclic amines) is 1. The van der Waals surface area contributed by atoms with Crippen molar-refractivity contribution in [1.29, 1.82) is 0 Å². The van der Waals surface area contributed by atoms with Crippen molar-refractivity contribution in [3.05, 3.63) is 89.2 Å². The highest BCUT2D eigenvalue weighted by Gasteiger charge is 2.24. The first kappa shape index (κ1) is 24.3. The number of rotatable bonds is 8. The van der Waals surface area contributed by atoms with Gasteiger partial charge in [-0.05, 0) is 72.7 Å². The van der Waals surface area contributed by atoms with Crippen molar-refractivity contribution in [3.63, 3.8) is 0 Å². The largest absolute Gasteiger partial charge is 0.493 e. The Bertz CT molecular complexity index is 1140. The zero-order valence-electron chi connectivity index (χ0n) is 19.9. The van der Waals surface area contributed by atoms with Gasteiger partial charge in [0.1, 0.15) is 11.5 Å². The summed E-state index contributed by atoms with van der Waals surface area (Å²) < 4.78 is 11.5. The molecule has 0 radical (unpaired) electrons. The maximum Gasteiger partial charge on any atom is 0.415 e. The summed E-state index contributed by atoms with van der Waals surface area (Å²) >= 11 is 0. The Kier molecular flexibility index (Phi) is 7.98. The van der Waals surface area contributed by atoms with Crippen molar-refractivity contribution in [2.45, 2.75) is 32.6 Å². The van der Waals surface area contributed by atoms with Crippen molar-refractivity contribution < 1.29 is 24.2 Å². The van der Waals surface area contributed by atoms with Crippen LogP contribution in [-0.4, -0.2) is 46.7 Å².